The van der Waals surface area contributed by atoms with E-state index in [2.05, 4.69) is 20.5 Å². The van der Waals surface area contributed by atoms with Gasteiger partial charge < -0.3 is 25.2 Å². The summed E-state index contributed by atoms with van der Waals surface area (Å²) in [6, 6.07) is 1.24. The van der Waals surface area contributed by atoms with Crippen molar-refractivity contribution in [2.24, 2.45) is 4.99 Å². The van der Waals surface area contributed by atoms with Crippen molar-refractivity contribution in [1.82, 2.24) is 20.4 Å². The fourth-order valence-electron chi connectivity index (χ4n) is 3.84. The van der Waals surface area contributed by atoms with Gasteiger partial charge in [0.25, 0.3) is 0 Å². The van der Waals surface area contributed by atoms with Crippen molar-refractivity contribution in [3.05, 3.63) is 0 Å². The molecule has 7 heteroatoms. The van der Waals surface area contributed by atoms with E-state index in [1.54, 1.807) is 19.0 Å². The summed E-state index contributed by atoms with van der Waals surface area (Å²) in [7, 11) is 3.53. The first-order valence-corrected chi connectivity index (χ1v) is 10.7. The molecule has 1 aliphatic heterocycles. The standard InChI is InChI=1S/C20H39N5O2/c1-4-27-15-7-12-21-20(22-16-19(26)24(2)3)23-17-10-13-25(14-11-17)18-8-5-6-9-18/h17-18H,4-16H2,1-3H3,(H2,21,22,23). The van der Waals surface area contributed by atoms with E-state index >= 15 is 0 Å². The second-order valence-electron chi connectivity index (χ2n) is 7.82. The Morgan fingerprint density at radius 2 is 1.89 bits per heavy atom. The van der Waals surface area contributed by atoms with Gasteiger partial charge in [0, 0.05) is 59.0 Å². The molecule has 0 aromatic heterocycles. The molecule has 1 amide bonds. The van der Waals surface area contributed by atoms with Gasteiger partial charge in [-0.3, -0.25) is 4.79 Å². The zero-order valence-electron chi connectivity index (χ0n) is 17.5. The Labute approximate surface area is 164 Å². The highest BCUT2D eigenvalue weighted by atomic mass is 16.5. The number of nitrogens with one attached hydrogen (secondary N) is 2. The van der Waals surface area contributed by atoms with Gasteiger partial charge in [-0.25, -0.2) is 4.99 Å². The molecule has 2 N–H and O–H groups in total. The summed E-state index contributed by atoms with van der Waals surface area (Å²) in [5.41, 5.74) is 0. The molecule has 0 bridgehead atoms. The van der Waals surface area contributed by atoms with Crippen LogP contribution in [0, 0.1) is 0 Å². The molecule has 0 radical (unpaired) electrons. The lowest BCUT2D eigenvalue weighted by atomic mass is 10.0. The third-order valence-electron chi connectivity index (χ3n) is 5.54. The number of likely N-dealkylation sites (N-methyl/N-ethyl adjacent to an activating group) is 1. The summed E-state index contributed by atoms with van der Waals surface area (Å²) >= 11 is 0. The Hall–Kier alpha value is -1.34. The van der Waals surface area contributed by atoms with Crippen LogP contribution in [0.4, 0.5) is 0 Å². The van der Waals surface area contributed by atoms with Crippen LogP contribution in [0.2, 0.25) is 0 Å². The number of nitrogens with zero attached hydrogens (tertiary/aromatic N) is 3. The summed E-state index contributed by atoms with van der Waals surface area (Å²) in [5.74, 6) is 0.766. The minimum atomic E-state index is 0.0152. The van der Waals surface area contributed by atoms with Crippen molar-refractivity contribution < 1.29 is 9.53 Å². The Kier molecular flexibility index (Phi) is 9.91. The fourth-order valence-corrected chi connectivity index (χ4v) is 3.84. The number of guanidine groups is 1. The van der Waals surface area contributed by atoms with Gasteiger partial charge in [0.05, 0.1) is 0 Å². The molecule has 0 aromatic carbocycles. The molecule has 0 spiro atoms. The number of ether oxygens (including phenoxy) is 1. The molecule has 1 heterocycles. The maximum absolute atomic E-state index is 11.9. The number of amides is 1. The van der Waals surface area contributed by atoms with Crippen molar-refractivity contribution in [2.75, 3.05) is 53.5 Å². The Morgan fingerprint density at radius 3 is 2.52 bits per heavy atom. The van der Waals surface area contributed by atoms with E-state index in [0.29, 0.717) is 6.04 Å². The Bertz CT molecular complexity index is 455. The van der Waals surface area contributed by atoms with Gasteiger partial charge in [-0.15, -0.1) is 0 Å². The molecular weight excluding hydrogens is 342 g/mol. The van der Waals surface area contributed by atoms with Crippen LogP contribution in [0.5, 0.6) is 0 Å². The number of piperidine rings is 1. The molecule has 0 unspecified atom stereocenters. The summed E-state index contributed by atoms with van der Waals surface area (Å²) in [4.78, 5) is 20.6. The maximum Gasteiger partial charge on any atom is 0.243 e. The summed E-state index contributed by atoms with van der Waals surface area (Å²) in [6.45, 7) is 6.79. The molecule has 2 fully saturated rings. The molecule has 2 aliphatic rings. The van der Waals surface area contributed by atoms with Crippen molar-refractivity contribution in [1.29, 1.82) is 0 Å². The van der Waals surface area contributed by atoms with Crippen molar-refractivity contribution >= 4 is 11.9 Å². The van der Waals surface area contributed by atoms with E-state index in [1.807, 2.05) is 6.92 Å². The van der Waals surface area contributed by atoms with Crippen molar-refractivity contribution in [2.45, 2.75) is 64.0 Å². The number of hydrogen-bond acceptors (Lipinski definition) is 4. The first-order valence-electron chi connectivity index (χ1n) is 10.7. The monoisotopic (exact) mass is 381 g/mol. The van der Waals surface area contributed by atoms with Crippen LogP contribution < -0.4 is 10.6 Å². The van der Waals surface area contributed by atoms with Gasteiger partial charge in [-0.2, -0.15) is 0 Å². The molecule has 0 aromatic rings. The third-order valence-corrected chi connectivity index (χ3v) is 5.54. The van der Waals surface area contributed by atoms with Gasteiger partial charge in [-0.1, -0.05) is 12.8 Å². The zero-order valence-corrected chi connectivity index (χ0v) is 17.5. The van der Waals surface area contributed by atoms with E-state index < -0.39 is 0 Å². The quantitative estimate of drug-likeness (QED) is 0.359. The first kappa shape index (κ1) is 22.0. The van der Waals surface area contributed by atoms with Crippen molar-refractivity contribution in [3.63, 3.8) is 0 Å². The van der Waals surface area contributed by atoms with Gasteiger partial charge in [0.15, 0.2) is 5.96 Å². The molecule has 7 nitrogen and oxygen atoms in total. The second-order valence-corrected chi connectivity index (χ2v) is 7.82. The molecule has 27 heavy (non-hydrogen) atoms. The number of rotatable bonds is 9. The smallest absolute Gasteiger partial charge is 0.243 e. The second kappa shape index (κ2) is 12.2. The molecular formula is C20H39N5O2. The topological polar surface area (TPSA) is 69.2 Å². The fraction of sp³-hybridized carbons (Fsp3) is 0.900. The lowest BCUT2D eigenvalue weighted by Crippen LogP contribution is -2.50. The van der Waals surface area contributed by atoms with Crippen LogP contribution >= 0.6 is 0 Å². The third kappa shape index (κ3) is 8.05. The molecule has 2 rings (SSSR count). The van der Waals surface area contributed by atoms with Crippen LogP contribution in [-0.2, 0) is 9.53 Å². The SMILES string of the molecule is CCOCCCNC(=NCC(=O)N(C)C)NC1CCN(C2CCCC2)CC1. The van der Waals surface area contributed by atoms with E-state index in [1.165, 1.54) is 25.7 Å². The highest BCUT2D eigenvalue weighted by molar-refractivity contribution is 5.84. The molecule has 1 saturated carbocycles. The predicted octanol–water partition coefficient (Wildman–Crippen LogP) is 1.44. The van der Waals surface area contributed by atoms with E-state index in [-0.39, 0.29) is 12.5 Å². The highest BCUT2D eigenvalue weighted by Gasteiger charge is 2.27. The number of hydrogen-bond donors (Lipinski definition) is 2. The minimum Gasteiger partial charge on any atom is -0.382 e. The molecule has 0 atom stereocenters. The molecule has 1 aliphatic carbocycles. The predicted molar refractivity (Wildman–Crippen MR) is 110 cm³/mol. The molecule has 1 saturated heterocycles. The van der Waals surface area contributed by atoms with E-state index in [0.717, 1.165) is 64.1 Å². The first-order chi connectivity index (χ1) is 13.1. The lowest BCUT2D eigenvalue weighted by molar-refractivity contribution is -0.127. The van der Waals surface area contributed by atoms with Crippen LogP contribution in [0.15, 0.2) is 4.99 Å². The van der Waals surface area contributed by atoms with Gasteiger partial charge in [-0.05, 0) is 39.0 Å². The van der Waals surface area contributed by atoms with Crippen LogP contribution in [0.25, 0.3) is 0 Å². The van der Waals surface area contributed by atoms with Gasteiger partial charge in [0.1, 0.15) is 6.54 Å². The number of aliphatic imine (C=N–C) groups is 1. The summed E-state index contributed by atoms with van der Waals surface area (Å²) in [6.07, 6.45) is 8.74. The zero-order chi connectivity index (χ0) is 19.5. The normalized spacial score (nSPS) is 20.0. The number of likely N-dealkylation sites (tertiary alicyclic amines) is 1. The van der Waals surface area contributed by atoms with Crippen LogP contribution in [0.1, 0.15) is 51.9 Å². The van der Waals surface area contributed by atoms with E-state index in [4.69, 9.17) is 4.74 Å². The maximum atomic E-state index is 11.9. The molecule has 156 valence electrons. The van der Waals surface area contributed by atoms with Gasteiger partial charge in [0.2, 0.25) is 5.91 Å². The van der Waals surface area contributed by atoms with E-state index in [9.17, 15) is 4.79 Å². The average molecular weight is 382 g/mol. The lowest BCUT2D eigenvalue weighted by Gasteiger charge is -2.36. The minimum absolute atomic E-state index is 0.0152. The summed E-state index contributed by atoms with van der Waals surface area (Å²) < 4.78 is 5.39. The average Bonchev–Trinajstić information content (AvgIpc) is 3.20. The Balaban J connectivity index is 1.79. The summed E-state index contributed by atoms with van der Waals surface area (Å²) in [5, 5.41) is 6.91. The number of carbonyl (C=O) groups excluding carboxylic acids is 1. The Morgan fingerprint density at radius 1 is 1.19 bits per heavy atom. The highest BCUT2D eigenvalue weighted by Crippen LogP contribution is 2.26. The van der Waals surface area contributed by atoms with Crippen LogP contribution in [0.3, 0.4) is 0 Å². The van der Waals surface area contributed by atoms with Crippen molar-refractivity contribution in [3.8, 4) is 0 Å². The number of carbonyl (C=O) groups is 1. The van der Waals surface area contributed by atoms with Gasteiger partial charge >= 0.3 is 0 Å². The largest absolute Gasteiger partial charge is 0.382 e. The van der Waals surface area contributed by atoms with Crippen LogP contribution in [-0.4, -0.2) is 87.2 Å².